The number of nitriles is 1. The zero-order valence-electron chi connectivity index (χ0n) is 11.9. The summed E-state index contributed by atoms with van der Waals surface area (Å²) in [4.78, 5) is 18.6. The molecular formula is C15H19N3OS. The predicted molar refractivity (Wildman–Crippen MR) is 79.3 cm³/mol. The molecule has 0 radical (unpaired) electrons. The van der Waals surface area contributed by atoms with Crippen LogP contribution in [-0.4, -0.2) is 33.6 Å². The Bertz CT molecular complexity index is 516. The zero-order chi connectivity index (χ0) is 14.5. The van der Waals surface area contributed by atoms with Crippen molar-refractivity contribution in [3.8, 4) is 6.07 Å². The van der Waals surface area contributed by atoms with Crippen LogP contribution in [0.3, 0.4) is 0 Å². The average Bonchev–Trinajstić information content (AvgIpc) is 2.45. The van der Waals surface area contributed by atoms with Crippen LogP contribution in [0.5, 0.6) is 0 Å². The van der Waals surface area contributed by atoms with E-state index >= 15 is 0 Å². The molecule has 1 saturated heterocycles. The zero-order valence-corrected chi connectivity index (χ0v) is 12.7. The Morgan fingerprint density at radius 3 is 2.85 bits per heavy atom. The Labute approximate surface area is 124 Å². The van der Waals surface area contributed by atoms with Crippen molar-refractivity contribution in [3.63, 3.8) is 0 Å². The molecule has 1 aliphatic rings. The van der Waals surface area contributed by atoms with E-state index in [2.05, 4.69) is 24.9 Å². The lowest BCUT2D eigenvalue weighted by Crippen LogP contribution is -2.48. The molecule has 4 nitrogen and oxygen atoms in total. The molecular weight excluding hydrogens is 270 g/mol. The van der Waals surface area contributed by atoms with Crippen LogP contribution in [0, 0.1) is 11.3 Å². The Balaban J connectivity index is 2.00. The quantitative estimate of drug-likeness (QED) is 0.803. The summed E-state index contributed by atoms with van der Waals surface area (Å²) in [6, 6.07) is 6.19. The second kappa shape index (κ2) is 6.76. The van der Waals surface area contributed by atoms with E-state index in [0.29, 0.717) is 28.4 Å². The van der Waals surface area contributed by atoms with Crippen LogP contribution in [0.2, 0.25) is 0 Å². The first kappa shape index (κ1) is 14.9. The average molecular weight is 289 g/mol. The lowest BCUT2D eigenvalue weighted by atomic mass is 9.98. The Morgan fingerprint density at radius 2 is 2.20 bits per heavy atom. The number of amides is 1. The number of hydrogen-bond donors (Lipinski definition) is 0. The molecule has 1 aromatic heterocycles. The number of pyridine rings is 1. The molecule has 1 fully saturated rings. The fourth-order valence-corrected chi connectivity index (χ4v) is 3.52. The van der Waals surface area contributed by atoms with E-state index < -0.39 is 0 Å². The Morgan fingerprint density at radius 1 is 1.50 bits per heavy atom. The highest BCUT2D eigenvalue weighted by molar-refractivity contribution is 7.99. The fourth-order valence-electron chi connectivity index (χ4n) is 2.71. The van der Waals surface area contributed by atoms with Gasteiger partial charge in [-0.2, -0.15) is 5.26 Å². The minimum atomic E-state index is 0.143. The highest BCUT2D eigenvalue weighted by atomic mass is 32.2. The van der Waals surface area contributed by atoms with Crippen LogP contribution in [0.25, 0.3) is 0 Å². The van der Waals surface area contributed by atoms with Gasteiger partial charge in [-0.3, -0.25) is 4.79 Å². The summed E-state index contributed by atoms with van der Waals surface area (Å²) >= 11 is 1.35. The first-order valence-electron chi connectivity index (χ1n) is 6.92. The van der Waals surface area contributed by atoms with E-state index in [0.717, 1.165) is 12.8 Å². The maximum Gasteiger partial charge on any atom is 0.233 e. The summed E-state index contributed by atoms with van der Waals surface area (Å²) in [6.45, 7) is 4.22. The minimum absolute atomic E-state index is 0.143. The van der Waals surface area contributed by atoms with Crippen LogP contribution in [0.4, 0.5) is 0 Å². The molecule has 2 heterocycles. The first-order chi connectivity index (χ1) is 9.63. The first-order valence-corrected chi connectivity index (χ1v) is 7.91. The maximum atomic E-state index is 12.4. The van der Waals surface area contributed by atoms with Crippen LogP contribution in [0.15, 0.2) is 23.4 Å². The fraction of sp³-hybridized carbons (Fsp3) is 0.533. The van der Waals surface area contributed by atoms with Gasteiger partial charge in [-0.15, -0.1) is 0 Å². The summed E-state index contributed by atoms with van der Waals surface area (Å²) in [5.74, 6) is 0.490. The number of nitrogens with zero attached hydrogens (tertiary/aromatic N) is 3. The van der Waals surface area contributed by atoms with Gasteiger partial charge in [0.05, 0.1) is 11.3 Å². The normalized spacial score (nSPS) is 22.4. The third-order valence-electron chi connectivity index (χ3n) is 3.71. The van der Waals surface area contributed by atoms with E-state index in [-0.39, 0.29) is 5.91 Å². The van der Waals surface area contributed by atoms with E-state index in [9.17, 15) is 4.79 Å². The molecule has 0 spiro atoms. The van der Waals surface area contributed by atoms with Crippen molar-refractivity contribution in [2.75, 3.05) is 5.75 Å². The Kier molecular flexibility index (Phi) is 5.02. The van der Waals surface area contributed by atoms with Gasteiger partial charge in [-0.05, 0) is 45.2 Å². The SMILES string of the molecule is C[C@@H]1CCC[C@@H](C)N1C(=O)CSc1ncccc1C#N. The lowest BCUT2D eigenvalue weighted by Gasteiger charge is -2.39. The van der Waals surface area contributed by atoms with E-state index in [1.807, 2.05) is 4.90 Å². The molecule has 1 aromatic rings. The van der Waals surface area contributed by atoms with Gasteiger partial charge in [-0.25, -0.2) is 4.98 Å². The smallest absolute Gasteiger partial charge is 0.233 e. The topological polar surface area (TPSA) is 57.0 Å². The second-order valence-electron chi connectivity index (χ2n) is 5.19. The van der Waals surface area contributed by atoms with Gasteiger partial charge in [-0.1, -0.05) is 11.8 Å². The van der Waals surface area contributed by atoms with Gasteiger partial charge in [0.15, 0.2) is 0 Å². The van der Waals surface area contributed by atoms with Crippen molar-refractivity contribution in [2.24, 2.45) is 0 Å². The summed E-state index contributed by atoms with van der Waals surface area (Å²) in [5, 5.41) is 9.66. The van der Waals surface area contributed by atoms with Crippen LogP contribution < -0.4 is 0 Å². The van der Waals surface area contributed by atoms with Crippen LogP contribution in [-0.2, 0) is 4.79 Å². The van der Waals surface area contributed by atoms with Crippen molar-refractivity contribution in [1.29, 1.82) is 5.26 Å². The molecule has 0 aromatic carbocycles. The largest absolute Gasteiger partial charge is 0.337 e. The number of aromatic nitrogens is 1. The second-order valence-corrected chi connectivity index (χ2v) is 6.15. The molecule has 106 valence electrons. The number of hydrogen-bond acceptors (Lipinski definition) is 4. The van der Waals surface area contributed by atoms with Crippen molar-refractivity contribution >= 4 is 17.7 Å². The van der Waals surface area contributed by atoms with Gasteiger partial charge in [0.1, 0.15) is 11.1 Å². The number of rotatable bonds is 3. The molecule has 2 rings (SSSR count). The standard InChI is InChI=1S/C15H19N3OS/c1-11-5-3-6-12(2)18(11)14(19)10-20-15-13(9-16)7-4-8-17-15/h4,7-8,11-12H,3,5-6,10H2,1-2H3/t11-,12-/m1/s1. The van der Waals surface area contributed by atoms with Crippen molar-refractivity contribution in [1.82, 2.24) is 9.88 Å². The van der Waals surface area contributed by atoms with Crippen molar-refractivity contribution in [2.45, 2.75) is 50.2 Å². The molecule has 1 amide bonds. The molecule has 0 bridgehead atoms. The third-order valence-corrected chi connectivity index (χ3v) is 4.70. The summed E-state index contributed by atoms with van der Waals surface area (Å²) in [6.07, 6.45) is 5.00. The van der Waals surface area contributed by atoms with Crippen LogP contribution in [0.1, 0.15) is 38.7 Å². The molecule has 2 atom stereocenters. The van der Waals surface area contributed by atoms with Crippen molar-refractivity contribution in [3.05, 3.63) is 23.9 Å². The van der Waals surface area contributed by atoms with Crippen molar-refractivity contribution < 1.29 is 4.79 Å². The summed E-state index contributed by atoms with van der Waals surface area (Å²) < 4.78 is 0. The lowest BCUT2D eigenvalue weighted by molar-refractivity contribution is -0.134. The molecule has 5 heteroatoms. The number of likely N-dealkylation sites (tertiary alicyclic amines) is 1. The number of carbonyl (C=O) groups is 1. The van der Waals surface area contributed by atoms with Gasteiger partial charge < -0.3 is 4.90 Å². The number of carbonyl (C=O) groups excluding carboxylic acids is 1. The van der Waals surface area contributed by atoms with Gasteiger partial charge in [0.25, 0.3) is 0 Å². The van der Waals surface area contributed by atoms with E-state index in [1.165, 1.54) is 18.2 Å². The Hall–Kier alpha value is -1.54. The predicted octanol–water partition coefficient (Wildman–Crippen LogP) is 2.83. The summed E-state index contributed by atoms with van der Waals surface area (Å²) in [5.41, 5.74) is 0.532. The molecule has 0 saturated carbocycles. The van der Waals surface area contributed by atoms with Gasteiger partial charge in [0, 0.05) is 18.3 Å². The number of piperidine rings is 1. The molecule has 20 heavy (non-hydrogen) atoms. The van der Waals surface area contributed by atoms with Crippen LogP contribution >= 0.6 is 11.8 Å². The minimum Gasteiger partial charge on any atom is -0.337 e. The highest BCUT2D eigenvalue weighted by Crippen LogP contribution is 2.25. The summed E-state index contributed by atoms with van der Waals surface area (Å²) in [7, 11) is 0. The molecule has 0 N–H and O–H groups in total. The third kappa shape index (κ3) is 3.31. The monoisotopic (exact) mass is 289 g/mol. The van der Waals surface area contributed by atoms with Gasteiger partial charge >= 0.3 is 0 Å². The maximum absolute atomic E-state index is 12.4. The van der Waals surface area contributed by atoms with Gasteiger partial charge in [0.2, 0.25) is 5.91 Å². The molecule has 0 unspecified atom stereocenters. The van der Waals surface area contributed by atoms with E-state index in [4.69, 9.17) is 5.26 Å². The molecule has 1 aliphatic heterocycles. The van der Waals surface area contributed by atoms with E-state index in [1.54, 1.807) is 18.3 Å². The molecule has 0 aliphatic carbocycles. The number of thioether (sulfide) groups is 1. The highest BCUT2D eigenvalue weighted by Gasteiger charge is 2.28.